The summed E-state index contributed by atoms with van der Waals surface area (Å²) < 4.78 is 5.73. The van der Waals surface area contributed by atoms with Crippen molar-refractivity contribution in [3.05, 3.63) is 28.3 Å². The first-order valence-electron chi connectivity index (χ1n) is 7.37. The van der Waals surface area contributed by atoms with Crippen molar-refractivity contribution in [2.75, 3.05) is 13.2 Å². The molecule has 0 saturated heterocycles. The Morgan fingerprint density at radius 3 is 2.90 bits per heavy atom. The molecule has 1 aromatic carbocycles. The zero-order valence-corrected chi connectivity index (χ0v) is 13.3. The molecule has 1 aromatic rings. The number of carbonyl (C=O) groups is 1. The van der Waals surface area contributed by atoms with Crippen LogP contribution in [0.4, 0.5) is 0 Å². The van der Waals surface area contributed by atoms with Crippen LogP contribution < -0.4 is 4.74 Å². The van der Waals surface area contributed by atoms with Crippen LogP contribution in [-0.2, 0) is 17.8 Å². The van der Waals surface area contributed by atoms with E-state index in [1.165, 1.54) is 5.56 Å². The van der Waals surface area contributed by atoms with Gasteiger partial charge in [0.2, 0.25) is 0 Å². The van der Waals surface area contributed by atoms with E-state index in [1.807, 2.05) is 12.1 Å². The maximum atomic E-state index is 10.7. The van der Waals surface area contributed by atoms with E-state index in [2.05, 4.69) is 18.7 Å². The van der Waals surface area contributed by atoms with Crippen molar-refractivity contribution in [2.24, 2.45) is 0 Å². The summed E-state index contributed by atoms with van der Waals surface area (Å²) in [6.07, 6.45) is 1.76. The predicted octanol–water partition coefficient (Wildman–Crippen LogP) is 3.35. The molecular weight excluding hydrogens is 290 g/mol. The van der Waals surface area contributed by atoms with Gasteiger partial charge in [-0.1, -0.05) is 11.6 Å². The van der Waals surface area contributed by atoms with Gasteiger partial charge in [0.05, 0.1) is 6.61 Å². The molecule has 0 unspecified atom stereocenters. The van der Waals surface area contributed by atoms with Gasteiger partial charge in [-0.15, -0.1) is 0 Å². The molecule has 0 aliphatic carbocycles. The molecule has 1 N–H and O–H groups in total. The Bertz CT molecular complexity index is 516. The molecule has 0 radical (unpaired) electrons. The van der Waals surface area contributed by atoms with Crippen molar-refractivity contribution in [3.8, 4) is 5.75 Å². The van der Waals surface area contributed by atoms with Gasteiger partial charge >= 0.3 is 5.97 Å². The molecule has 1 heterocycles. The van der Waals surface area contributed by atoms with Crippen LogP contribution in [0.25, 0.3) is 0 Å². The third kappa shape index (κ3) is 4.35. The van der Waals surface area contributed by atoms with Gasteiger partial charge in [0.1, 0.15) is 5.75 Å². The van der Waals surface area contributed by atoms with Crippen LogP contribution in [0.1, 0.15) is 37.8 Å². The molecule has 4 nitrogen and oxygen atoms in total. The molecule has 1 aliphatic heterocycles. The summed E-state index contributed by atoms with van der Waals surface area (Å²) in [5.41, 5.74) is 2.27. The van der Waals surface area contributed by atoms with E-state index in [1.54, 1.807) is 0 Å². The Kier molecular flexibility index (Phi) is 5.48. The zero-order valence-electron chi connectivity index (χ0n) is 12.6. The van der Waals surface area contributed by atoms with Crippen LogP contribution >= 0.6 is 11.6 Å². The summed E-state index contributed by atoms with van der Waals surface area (Å²) in [6.45, 7) is 6.44. The zero-order chi connectivity index (χ0) is 15.4. The average molecular weight is 312 g/mol. The standard InChI is InChI=1S/C16H22ClNO3/c1-11(2)18(6-3-4-15(19)20)10-13-9-14(17)8-12-5-7-21-16(12)13/h8-9,11H,3-7,10H2,1-2H3,(H,19,20). The fourth-order valence-electron chi connectivity index (χ4n) is 2.64. The molecule has 1 aliphatic rings. The number of aliphatic carboxylic acids is 1. The molecule has 21 heavy (non-hydrogen) atoms. The highest BCUT2D eigenvalue weighted by Gasteiger charge is 2.20. The maximum absolute atomic E-state index is 10.7. The molecule has 0 spiro atoms. The first kappa shape index (κ1) is 16.1. The second-order valence-corrected chi connectivity index (χ2v) is 6.15. The number of carboxylic acids is 1. The van der Waals surface area contributed by atoms with Crippen molar-refractivity contribution in [1.29, 1.82) is 0 Å². The van der Waals surface area contributed by atoms with Crippen molar-refractivity contribution < 1.29 is 14.6 Å². The van der Waals surface area contributed by atoms with Crippen LogP contribution in [0.2, 0.25) is 5.02 Å². The smallest absolute Gasteiger partial charge is 0.303 e. The Hall–Kier alpha value is -1.26. The largest absolute Gasteiger partial charge is 0.493 e. The Balaban J connectivity index is 2.08. The number of nitrogens with zero attached hydrogens (tertiary/aromatic N) is 1. The van der Waals surface area contributed by atoms with Crippen LogP contribution in [0, 0.1) is 0 Å². The molecule has 2 rings (SSSR count). The van der Waals surface area contributed by atoms with Crippen molar-refractivity contribution in [1.82, 2.24) is 4.90 Å². The predicted molar refractivity (Wildman–Crippen MR) is 83.1 cm³/mol. The molecule has 0 amide bonds. The van der Waals surface area contributed by atoms with Crippen molar-refractivity contribution >= 4 is 17.6 Å². The van der Waals surface area contributed by atoms with Gasteiger partial charge in [0, 0.05) is 36.0 Å². The Labute approximate surface area is 130 Å². The first-order valence-corrected chi connectivity index (χ1v) is 7.75. The number of hydrogen-bond donors (Lipinski definition) is 1. The topological polar surface area (TPSA) is 49.8 Å². The molecule has 116 valence electrons. The number of rotatable bonds is 7. The number of ether oxygens (including phenoxy) is 1. The monoisotopic (exact) mass is 311 g/mol. The average Bonchev–Trinajstić information content (AvgIpc) is 2.84. The molecule has 0 aromatic heterocycles. The van der Waals surface area contributed by atoms with E-state index in [0.29, 0.717) is 19.1 Å². The van der Waals surface area contributed by atoms with Crippen molar-refractivity contribution in [2.45, 2.75) is 45.7 Å². The number of fused-ring (bicyclic) bond motifs is 1. The lowest BCUT2D eigenvalue weighted by Crippen LogP contribution is -2.31. The van der Waals surface area contributed by atoms with Crippen LogP contribution in [0.15, 0.2) is 12.1 Å². The van der Waals surface area contributed by atoms with E-state index in [9.17, 15) is 4.79 Å². The lowest BCUT2D eigenvalue weighted by atomic mass is 10.1. The summed E-state index contributed by atoms with van der Waals surface area (Å²) in [6, 6.07) is 4.27. The van der Waals surface area contributed by atoms with Gasteiger partial charge in [-0.05, 0) is 44.5 Å². The minimum absolute atomic E-state index is 0.202. The van der Waals surface area contributed by atoms with Gasteiger partial charge in [-0.25, -0.2) is 0 Å². The van der Waals surface area contributed by atoms with Crippen LogP contribution in [0.5, 0.6) is 5.75 Å². The number of benzene rings is 1. The fourth-order valence-corrected chi connectivity index (χ4v) is 2.90. The van der Waals surface area contributed by atoms with E-state index < -0.39 is 5.97 Å². The fraction of sp³-hybridized carbons (Fsp3) is 0.562. The summed E-state index contributed by atoms with van der Waals surface area (Å²) in [5, 5.41) is 9.50. The van der Waals surface area contributed by atoms with Gasteiger partial charge < -0.3 is 9.84 Å². The third-order valence-electron chi connectivity index (χ3n) is 3.77. The Morgan fingerprint density at radius 2 is 2.24 bits per heavy atom. The molecular formula is C16H22ClNO3. The SMILES string of the molecule is CC(C)N(CCCC(=O)O)Cc1cc(Cl)cc2c1OCC2. The summed E-state index contributed by atoms with van der Waals surface area (Å²) >= 11 is 6.19. The molecule has 0 saturated carbocycles. The molecule has 0 fully saturated rings. The molecule has 5 heteroatoms. The lowest BCUT2D eigenvalue weighted by molar-refractivity contribution is -0.137. The second kappa shape index (κ2) is 7.14. The molecule has 0 bridgehead atoms. The third-order valence-corrected chi connectivity index (χ3v) is 3.98. The normalized spacial score (nSPS) is 13.6. The summed E-state index contributed by atoms with van der Waals surface area (Å²) in [7, 11) is 0. The number of halogens is 1. The number of carboxylic acid groups (broad SMARTS) is 1. The maximum Gasteiger partial charge on any atom is 0.303 e. The van der Waals surface area contributed by atoms with Gasteiger partial charge in [-0.3, -0.25) is 9.69 Å². The van der Waals surface area contributed by atoms with Crippen LogP contribution in [-0.4, -0.2) is 35.2 Å². The van der Waals surface area contributed by atoms with Gasteiger partial charge in [0.15, 0.2) is 0 Å². The van der Waals surface area contributed by atoms with Crippen molar-refractivity contribution in [3.63, 3.8) is 0 Å². The number of hydrogen-bond acceptors (Lipinski definition) is 3. The molecule has 0 atom stereocenters. The Morgan fingerprint density at radius 1 is 1.48 bits per heavy atom. The highest BCUT2D eigenvalue weighted by Crippen LogP contribution is 2.33. The second-order valence-electron chi connectivity index (χ2n) is 5.71. The summed E-state index contributed by atoms with van der Waals surface area (Å²) in [5.74, 6) is 0.217. The highest BCUT2D eigenvalue weighted by atomic mass is 35.5. The van der Waals surface area contributed by atoms with E-state index >= 15 is 0 Å². The lowest BCUT2D eigenvalue weighted by Gasteiger charge is -2.27. The first-order chi connectivity index (χ1) is 9.97. The minimum Gasteiger partial charge on any atom is -0.493 e. The highest BCUT2D eigenvalue weighted by molar-refractivity contribution is 6.30. The van der Waals surface area contributed by atoms with E-state index in [4.69, 9.17) is 21.4 Å². The minimum atomic E-state index is -0.745. The quantitative estimate of drug-likeness (QED) is 0.839. The van der Waals surface area contributed by atoms with Gasteiger partial charge in [0.25, 0.3) is 0 Å². The van der Waals surface area contributed by atoms with E-state index in [-0.39, 0.29) is 6.42 Å². The van der Waals surface area contributed by atoms with Crippen LogP contribution in [0.3, 0.4) is 0 Å². The van der Waals surface area contributed by atoms with E-state index in [0.717, 1.165) is 35.8 Å². The van der Waals surface area contributed by atoms with Gasteiger partial charge in [-0.2, -0.15) is 0 Å². The summed E-state index contributed by atoms with van der Waals surface area (Å²) in [4.78, 5) is 12.9.